The molecule has 2 aromatic carbocycles. The van der Waals surface area contributed by atoms with Gasteiger partial charge >= 0.3 is 0 Å². The van der Waals surface area contributed by atoms with Gasteiger partial charge in [-0.05, 0) is 42.9 Å². The van der Waals surface area contributed by atoms with Gasteiger partial charge in [0.05, 0.1) is 11.9 Å². The number of aromatic amines is 1. The summed E-state index contributed by atoms with van der Waals surface area (Å²) in [5.41, 5.74) is 4.81. The predicted molar refractivity (Wildman–Crippen MR) is 119 cm³/mol. The maximum absolute atomic E-state index is 12.9. The van der Waals surface area contributed by atoms with Gasteiger partial charge in [-0.3, -0.25) is 4.79 Å². The third-order valence-corrected chi connectivity index (χ3v) is 6.73. The Morgan fingerprint density at radius 3 is 2.79 bits per heavy atom. The first-order chi connectivity index (χ1) is 14.2. The quantitative estimate of drug-likeness (QED) is 0.499. The lowest BCUT2D eigenvalue weighted by Crippen LogP contribution is -2.26. The monoisotopic (exact) mass is 401 g/mol. The number of nitrogens with zero attached hydrogens (tertiary/aromatic N) is 1. The van der Waals surface area contributed by atoms with Crippen LogP contribution in [0, 0.1) is 6.92 Å². The van der Waals surface area contributed by atoms with Gasteiger partial charge < -0.3 is 10.3 Å². The molecule has 0 unspecified atom stereocenters. The molecule has 4 aromatic rings. The van der Waals surface area contributed by atoms with Crippen molar-refractivity contribution in [3.8, 4) is 11.1 Å². The Labute approximate surface area is 173 Å². The number of rotatable bonds is 4. The molecule has 0 saturated heterocycles. The van der Waals surface area contributed by atoms with Crippen molar-refractivity contribution in [2.75, 3.05) is 0 Å². The average Bonchev–Trinajstić information content (AvgIpc) is 3.09. The molecule has 0 spiro atoms. The SMILES string of the molecule is Cc1sc2nc(CN[C@H]3CCCc4ccccc43)[nH]c(=O)c2c1-c1ccccc1. The number of fused-ring (bicyclic) bond motifs is 2. The zero-order chi connectivity index (χ0) is 19.8. The highest BCUT2D eigenvalue weighted by Gasteiger charge is 2.20. The van der Waals surface area contributed by atoms with Gasteiger partial charge in [-0.1, -0.05) is 54.6 Å². The van der Waals surface area contributed by atoms with Gasteiger partial charge in [0.15, 0.2) is 0 Å². The number of hydrogen-bond donors (Lipinski definition) is 2. The topological polar surface area (TPSA) is 57.8 Å². The van der Waals surface area contributed by atoms with Crippen LogP contribution in [0.25, 0.3) is 21.3 Å². The minimum atomic E-state index is -0.0564. The summed E-state index contributed by atoms with van der Waals surface area (Å²) in [6.45, 7) is 2.62. The second kappa shape index (κ2) is 7.58. The highest BCUT2D eigenvalue weighted by molar-refractivity contribution is 7.19. The summed E-state index contributed by atoms with van der Waals surface area (Å²) in [4.78, 5) is 22.7. The van der Waals surface area contributed by atoms with E-state index in [1.165, 1.54) is 17.5 Å². The summed E-state index contributed by atoms with van der Waals surface area (Å²) in [7, 11) is 0. The van der Waals surface area contributed by atoms with Crippen molar-refractivity contribution in [1.29, 1.82) is 0 Å². The molecule has 0 saturated carbocycles. The van der Waals surface area contributed by atoms with Crippen LogP contribution in [0.1, 0.15) is 40.7 Å². The Morgan fingerprint density at radius 2 is 1.93 bits per heavy atom. The molecule has 2 aromatic heterocycles. The Balaban J connectivity index is 1.45. The van der Waals surface area contributed by atoms with Crippen molar-refractivity contribution >= 4 is 21.6 Å². The van der Waals surface area contributed by atoms with Gasteiger partial charge in [-0.15, -0.1) is 11.3 Å². The minimum absolute atomic E-state index is 0.0564. The van der Waals surface area contributed by atoms with E-state index in [1.54, 1.807) is 11.3 Å². The Bertz CT molecular complexity index is 1230. The molecule has 146 valence electrons. The molecule has 2 N–H and O–H groups in total. The third-order valence-electron chi connectivity index (χ3n) is 5.73. The fraction of sp³-hybridized carbons (Fsp3) is 0.250. The van der Waals surface area contributed by atoms with E-state index in [0.29, 0.717) is 23.8 Å². The van der Waals surface area contributed by atoms with Crippen molar-refractivity contribution in [3.63, 3.8) is 0 Å². The van der Waals surface area contributed by atoms with Crippen LogP contribution in [0.2, 0.25) is 0 Å². The van der Waals surface area contributed by atoms with Crippen molar-refractivity contribution < 1.29 is 0 Å². The second-order valence-corrected chi connectivity index (χ2v) is 8.82. The Hall–Kier alpha value is -2.76. The molecule has 29 heavy (non-hydrogen) atoms. The van der Waals surface area contributed by atoms with Crippen LogP contribution in [0.5, 0.6) is 0 Å². The molecule has 1 aliphatic carbocycles. The van der Waals surface area contributed by atoms with E-state index >= 15 is 0 Å². The number of nitrogens with one attached hydrogen (secondary N) is 2. The predicted octanol–water partition coefficient (Wildman–Crippen LogP) is 5.13. The first-order valence-corrected chi connectivity index (χ1v) is 10.9. The Kier molecular flexibility index (Phi) is 4.78. The lowest BCUT2D eigenvalue weighted by molar-refractivity contribution is 0.453. The van der Waals surface area contributed by atoms with E-state index in [0.717, 1.165) is 33.7 Å². The fourth-order valence-electron chi connectivity index (χ4n) is 4.39. The summed E-state index contributed by atoms with van der Waals surface area (Å²) in [6.07, 6.45) is 3.44. The smallest absolute Gasteiger partial charge is 0.260 e. The van der Waals surface area contributed by atoms with E-state index in [-0.39, 0.29) is 5.56 Å². The number of aryl methyl sites for hydroxylation is 2. The zero-order valence-electron chi connectivity index (χ0n) is 16.4. The van der Waals surface area contributed by atoms with E-state index in [4.69, 9.17) is 4.98 Å². The average molecular weight is 402 g/mol. The van der Waals surface area contributed by atoms with Crippen LogP contribution >= 0.6 is 11.3 Å². The standard InChI is InChI=1S/C24H23N3OS/c1-15-21(17-9-3-2-4-10-17)22-23(28)26-20(27-24(22)29-15)14-25-19-13-7-11-16-8-5-6-12-18(16)19/h2-6,8-10,12,19,25H,7,11,13-14H2,1H3,(H,26,27,28)/t19-/m0/s1. The highest BCUT2D eigenvalue weighted by atomic mass is 32.1. The zero-order valence-corrected chi connectivity index (χ0v) is 17.2. The van der Waals surface area contributed by atoms with Gasteiger partial charge in [0, 0.05) is 16.5 Å². The lowest BCUT2D eigenvalue weighted by atomic mass is 9.88. The third kappa shape index (κ3) is 3.41. The molecule has 1 aliphatic rings. The number of aromatic nitrogens is 2. The normalized spacial score (nSPS) is 16.1. The van der Waals surface area contributed by atoms with Gasteiger partial charge in [-0.25, -0.2) is 4.98 Å². The molecule has 0 amide bonds. The minimum Gasteiger partial charge on any atom is -0.309 e. The van der Waals surface area contributed by atoms with Crippen LogP contribution < -0.4 is 10.9 Å². The van der Waals surface area contributed by atoms with E-state index in [9.17, 15) is 4.79 Å². The van der Waals surface area contributed by atoms with Gasteiger partial charge in [0.25, 0.3) is 5.56 Å². The van der Waals surface area contributed by atoms with Gasteiger partial charge in [-0.2, -0.15) is 0 Å². The summed E-state index contributed by atoms with van der Waals surface area (Å²) in [5.74, 6) is 0.700. The maximum atomic E-state index is 12.9. The molecular weight excluding hydrogens is 378 g/mol. The molecular formula is C24H23N3OS. The molecule has 5 rings (SSSR count). The van der Waals surface area contributed by atoms with Crippen molar-refractivity contribution in [2.24, 2.45) is 0 Å². The second-order valence-electron chi connectivity index (χ2n) is 7.62. The van der Waals surface area contributed by atoms with Crippen molar-refractivity contribution in [2.45, 2.75) is 38.8 Å². The Morgan fingerprint density at radius 1 is 1.14 bits per heavy atom. The fourth-order valence-corrected chi connectivity index (χ4v) is 5.45. The van der Waals surface area contributed by atoms with Crippen LogP contribution in [0.15, 0.2) is 59.4 Å². The van der Waals surface area contributed by atoms with E-state index < -0.39 is 0 Å². The summed E-state index contributed by atoms with van der Waals surface area (Å²) >= 11 is 1.59. The number of H-pyrrole nitrogens is 1. The summed E-state index contributed by atoms with van der Waals surface area (Å²) < 4.78 is 0. The van der Waals surface area contributed by atoms with Gasteiger partial charge in [0.1, 0.15) is 10.7 Å². The first-order valence-electron chi connectivity index (χ1n) is 10.1. The molecule has 0 aliphatic heterocycles. The lowest BCUT2D eigenvalue weighted by Gasteiger charge is -2.26. The number of thiophene rings is 1. The summed E-state index contributed by atoms with van der Waals surface area (Å²) in [6, 6.07) is 19.0. The van der Waals surface area contributed by atoms with Crippen LogP contribution in [0.3, 0.4) is 0 Å². The van der Waals surface area contributed by atoms with Crippen LogP contribution in [-0.2, 0) is 13.0 Å². The number of hydrogen-bond acceptors (Lipinski definition) is 4. The van der Waals surface area contributed by atoms with Crippen molar-refractivity contribution in [1.82, 2.24) is 15.3 Å². The molecule has 5 heteroatoms. The molecule has 1 atom stereocenters. The first kappa shape index (κ1) is 18.3. The number of benzene rings is 2. The van der Waals surface area contributed by atoms with E-state index in [2.05, 4.69) is 41.5 Å². The molecule has 2 heterocycles. The van der Waals surface area contributed by atoms with Crippen LogP contribution in [-0.4, -0.2) is 9.97 Å². The molecule has 0 fully saturated rings. The molecule has 0 radical (unpaired) electrons. The molecule has 4 nitrogen and oxygen atoms in total. The van der Waals surface area contributed by atoms with Crippen molar-refractivity contribution in [3.05, 3.63) is 86.8 Å². The van der Waals surface area contributed by atoms with Gasteiger partial charge in [0.2, 0.25) is 0 Å². The summed E-state index contributed by atoms with van der Waals surface area (Å²) in [5, 5.41) is 4.31. The maximum Gasteiger partial charge on any atom is 0.260 e. The molecule has 0 bridgehead atoms. The van der Waals surface area contributed by atoms with E-state index in [1.807, 2.05) is 30.3 Å². The van der Waals surface area contributed by atoms with Crippen LogP contribution in [0.4, 0.5) is 0 Å². The highest BCUT2D eigenvalue weighted by Crippen LogP contribution is 2.35. The largest absolute Gasteiger partial charge is 0.309 e.